The lowest BCUT2D eigenvalue weighted by Crippen LogP contribution is -2.05. The van der Waals surface area contributed by atoms with E-state index >= 15 is 0 Å². The number of hydrogen-bond donors (Lipinski definition) is 0. The number of methoxy groups -OCH3 is 1. The normalized spacial score (nSPS) is 10.1. The smallest absolute Gasteiger partial charge is 0.348 e. The summed E-state index contributed by atoms with van der Waals surface area (Å²) < 4.78 is 9.82. The number of hydrogen-bond acceptors (Lipinski definition) is 6. The van der Waals surface area contributed by atoms with Crippen LogP contribution in [0.1, 0.15) is 42.2 Å². The van der Waals surface area contributed by atoms with E-state index in [0.29, 0.717) is 20.9 Å². The van der Waals surface area contributed by atoms with Gasteiger partial charge in [-0.25, -0.2) is 9.59 Å². The number of ether oxygens (including phenoxy) is 2. The maximum Gasteiger partial charge on any atom is 0.348 e. The molecule has 6 heteroatoms. The first-order valence-corrected chi connectivity index (χ1v) is 7.28. The quantitative estimate of drug-likeness (QED) is 0.626. The molecule has 0 atom stereocenters. The van der Waals surface area contributed by atoms with Crippen molar-refractivity contribution in [3.63, 3.8) is 0 Å². The second kappa shape index (κ2) is 7.00. The van der Waals surface area contributed by atoms with Gasteiger partial charge in [-0.3, -0.25) is 4.79 Å². The van der Waals surface area contributed by atoms with Crippen LogP contribution < -0.4 is 0 Å². The predicted molar refractivity (Wildman–Crippen MR) is 81.2 cm³/mol. The molecular formula is C16H14O5S. The van der Waals surface area contributed by atoms with Gasteiger partial charge in [0.25, 0.3) is 0 Å². The van der Waals surface area contributed by atoms with Crippen molar-refractivity contribution in [2.75, 3.05) is 7.11 Å². The molecule has 0 unspecified atom stereocenters. The monoisotopic (exact) mass is 318 g/mol. The van der Waals surface area contributed by atoms with Crippen LogP contribution in [-0.2, 0) is 16.1 Å². The van der Waals surface area contributed by atoms with Crippen LogP contribution in [0.25, 0.3) is 0 Å². The minimum absolute atomic E-state index is 0.0387. The minimum atomic E-state index is -0.499. The van der Waals surface area contributed by atoms with Crippen LogP contribution in [0.3, 0.4) is 0 Å². The second-order valence-electron chi connectivity index (χ2n) is 4.49. The Bertz CT molecular complexity index is 717. The molecule has 0 N–H and O–H groups in total. The summed E-state index contributed by atoms with van der Waals surface area (Å²) >= 11 is 1.10. The molecule has 22 heavy (non-hydrogen) atoms. The van der Waals surface area contributed by atoms with Gasteiger partial charge in [0.1, 0.15) is 11.5 Å². The minimum Gasteiger partial charge on any atom is -0.465 e. The van der Waals surface area contributed by atoms with Crippen LogP contribution in [0.15, 0.2) is 36.4 Å². The van der Waals surface area contributed by atoms with E-state index in [1.807, 2.05) is 0 Å². The van der Waals surface area contributed by atoms with Crippen molar-refractivity contribution in [2.24, 2.45) is 0 Å². The summed E-state index contributed by atoms with van der Waals surface area (Å²) in [5.41, 5.74) is 1.07. The van der Waals surface area contributed by atoms with Crippen LogP contribution in [0.4, 0.5) is 0 Å². The highest BCUT2D eigenvalue weighted by molar-refractivity contribution is 7.15. The number of benzene rings is 1. The fraction of sp³-hybridized carbons (Fsp3) is 0.188. The molecule has 0 aliphatic carbocycles. The zero-order valence-electron chi connectivity index (χ0n) is 12.1. The highest BCUT2D eigenvalue weighted by atomic mass is 32.1. The van der Waals surface area contributed by atoms with E-state index in [1.165, 1.54) is 14.0 Å². The van der Waals surface area contributed by atoms with Gasteiger partial charge in [-0.05, 0) is 36.8 Å². The maximum atomic E-state index is 11.9. The van der Waals surface area contributed by atoms with Crippen molar-refractivity contribution in [3.05, 3.63) is 57.3 Å². The Morgan fingerprint density at radius 1 is 1.05 bits per heavy atom. The molecule has 2 rings (SSSR count). The number of Topliss-reactive ketones (excluding diaryl/α,β-unsaturated/α-hetero) is 1. The molecule has 0 radical (unpaired) electrons. The Labute approximate surface area is 131 Å². The number of carbonyl (C=O) groups is 3. The largest absolute Gasteiger partial charge is 0.465 e. The van der Waals surface area contributed by atoms with Crippen molar-refractivity contribution in [3.8, 4) is 0 Å². The lowest BCUT2D eigenvalue weighted by atomic mass is 10.1. The van der Waals surface area contributed by atoms with Crippen LogP contribution >= 0.6 is 11.3 Å². The summed E-state index contributed by atoms with van der Waals surface area (Å²) in [6, 6.07) is 9.82. The van der Waals surface area contributed by atoms with Crippen LogP contribution in [0, 0.1) is 0 Å². The third kappa shape index (κ3) is 3.79. The molecule has 0 amide bonds. The van der Waals surface area contributed by atoms with Gasteiger partial charge < -0.3 is 9.47 Å². The molecule has 0 bridgehead atoms. The molecule has 0 aliphatic rings. The summed E-state index contributed by atoms with van der Waals surface area (Å²) in [5, 5.41) is 0. The van der Waals surface area contributed by atoms with Gasteiger partial charge in [0.2, 0.25) is 0 Å². The molecular weight excluding hydrogens is 304 g/mol. The van der Waals surface area contributed by atoms with E-state index in [-0.39, 0.29) is 12.4 Å². The molecule has 5 nitrogen and oxygen atoms in total. The van der Waals surface area contributed by atoms with Crippen LogP contribution in [0.5, 0.6) is 0 Å². The Hall–Kier alpha value is -2.47. The van der Waals surface area contributed by atoms with Crippen molar-refractivity contribution < 1.29 is 23.9 Å². The molecule has 0 spiro atoms. The summed E-state index contributed by atoms with van der Waals surface area (Å²) in [4.78, 5) is 35.4. The average Bonchev–Trinajstić information content (AvgIpc) is 3.02. The van der Waals surface area contributed by atoms with E-state index in [9.17, 15) is 14.4 Å². The summed E-state index contributed by atoms with van der Waals surface area (Å²) in [6.45, 7) is 1.48. The van der Waals surface area contributed by atoms with E-state index in [2.05, 4.69) is 4.74 Å². The molecule has 0 fully saturated rings. The molecule has 1 heterocycles. The van der Waals surface area contributed by atoms with Crippen molar-refractivity contribution in [1.82, 2.24) is 0 Å². The van der Waals surface area contributed by atoms with Crippen molar-refractivity contribution in [1.29, 1.82) is 0 Å². The number of carbonyl (C=O) groups excluding carboxylic acids is 3. The summed E-state index contributed by atoms with van der Waals surface area (Å²) in [7, 11) is 1.30. The molecule has 2 aromatic rings. The van der Waals surface area contributed by atoms with Gasteiger partial charge in [-0.1, -0.05) is 12.1 Å². The number of ketones is 1. The molecule has 1 aromatic carbocycles. The molecule has 1 aromatic heterocycles. The zero-order valence-corrected chi connectivity index (χ0v) is 12.9. The van der Waals surface area contributed by atoms with Crippen LogP contribution in [0.2, 0.25) is 0 Å². The van der Waals surface area contributed by atoms with Gasteiger partial charge in [0.15, 0.2) is 5.78 Å². The Kier molecular flexibility index (Phi) is 5.06. The first kappa shape index (κ1) is 15.9. The van der Waals surface area contributed by atoms with Gasteiger partial charge in [0.05, 0.1) is 17.6 Å². The molecule has 0 saturated heterocycles. The van der Waals surface area contributed by atoms with Crippen LogP contribution in [-0.4, -0.2) is 24.8 Å². The average molecular weight is 318 g/mol. The molecule has 0 aliphatic heterocycles. The Morgan fingerprint density at radius 3 is 2.41 bits per heavy atom. The first-order valence-electron chi connectivity index (χ1n) is 6.46. The molecule has 114 valence electrons. The van der Waals surface area contributed by atoms with Gasteiger partial charge >= 0.3 is 11.9 Å². The third-order valence-electron chi connectivity index (χ3n) is 2.87. The number of rotatable bonds is 5. The number of esters is 2. The number of thiophene rings is 1. The van der Waals surface area contributed by atoms with E-state index in [1.54, 1.807) is 36.4 Å². The third-order valence-corrected chi connectivity index (χ3v) is 4.04. The fourth-order valence-corrected chi connectivity index (χ4v) is 2.56. The summed E-state index contributed by atoms with van der Waals surface area (Å²) in [5.74, 6) is -1.03. The molecule has 0 saturated carbocycles. The first-order chi connectivity index (χ1) is 10.5. The zero-order chi connectivity index (χ0) is 16.1. The van der Waals surface area contributed by atoms with Gasteiger partial charge in [0, 0.05) is 0 Å². The predicted octanol–water partition coefficient (Wildman–Crippen LogP) is 3.09. The van der Waals surface area contributed by atoms with Crippen molar-refractivity contribution in [2.45, 2.75) is 13.5 Å². The fourth-order valence-electron chi connectivity index (χ4n) is 1.76. The van der Waals surface area contributed by atoms with Crippen molar-refractivity contribution >= 4 is 29.1 Å². The Balaban J connectivity index is 2.01. The SMILES string of the molecule is COC(=O)c1cccc(COC(=O)c2ccc(C(C)=O)s2)c1. The maximum absolute atomic E-state index is 11.9. The summed E-state index contributed by atoms with van der Waals surface area (Å²) in [6.07, 6.45) is 0. The van der Waals surface area contributed by atoms with E-state index < -0.39 is 11.9 Å². The standard InChI is InChI=1S/C16H14O5S/c1-10(17)13-6-7-14(22-13)16(19)21-9-11-4-3-5-12(8-11)15(18)20-2/h3-8H,9H2,1-2H3. The highest BCUT2D eigenvalue weighted by Gasteiger charge is 2.13. The van der Waals surface area contributed by atoms with Gasteiger partial charge in [-0.2, -0.15) is 0 Å². The Morgan fingerprint density at radius 2 is 1.77 bits per heavy atom. The lowest BCUT2D eigenvalue weighted by Gasteiger charge is -2.05. The van der Waals surface area contributed by atoms with E-state index in [0.717, 1.165) is 11.3 Å². The lowest BCUT2D eigenvalue weighted by molar-refractivity contribution is 0.0478. The topological polar surface area (TPSA) is 69.7 Å². The second-order valence-corrected chi connectivity index (χ2v) is 5.57. The highest BCUT2D eigenvalue weighted by Crippen LogP contribution is 2.18. The van der Waals surface area contributed by atoms with Gasteiger partial charge in [-0.15, -0.1) is 11.3 Å². The van der Waals surface area contributed by atoms with E-state index in [4.69, 9.17) is 4.74 Å².